The fourth-order valence-corrected chi connectivity index (χ4v) is 2.06. The quantitative estimate of drug-likeness (QED) is 0.557. The standard InChI is InChI=1S/C10H16ClN3OS/c1-3-5-7-16-10-13-8(11)12-9(14-10)15-6-4-2/h3-7H2,1-2H3. The number of aromatic nitrogens is 3. The molecule has 0 saturated carbocycles. The van der Waals surface area contributed by atoms with Crippen LogP contribution in [0.5, 0.6) is 6.01 Å². The van der Waals surface area contributed by atoms with Crippen molar-refractivity contribution >= 4 is 23.4 Å². The van der Waals surface area contributed by atoms with Crippen LogP contribution >= 0.6 is 23.4 Å². The highest BCUT2D eigenvalue weighted by molar-refractivity contribution is 7.99. The Hall–Kier alpha value is -0.550. The summed E-state index contributed by atoms with van der Waals surface area (Å²) in [4.78, 5) is 12.1. The van der Waals surface area contributed by atoms with Crippen molar-refractivity contribution in [2.75, 3.05) is 12.4 Å². The van der Waals surface area contributed by atoms with E-state index in [1.807, 2.05) is 6.92 Å². The van der Waals surface area contributed by atoms with E-state index >= 15 is 0 Å². The van der Waals surface area contributed by atoms with E-state index in [1.165, 1.54) is 0 Å². The third-order valence-electron chi connectivity index (χ3n) is 1.73. The topological polar surface area (TPSA) is 47.9 Å². The highest BCUT2D eigenvalue weighted by Crippen LogP contribution is 2.18. The summed E-state index contributed by atoms with van der Waals surface area (Å²) in [5, 5.41) is 0.833. The van der Waals surface area contributed by atoms with Gasteiger partial charge in [0.15, 0.2) is 5.16 Å². The van der Waals surface area contributed by atoms with Gasteiger partial charge in [0.2, 0.25) is 5.28 Å². The monoisotopic (exact) mass is 261 g/mol. The molecule has 0 aliphatic heterocycles. The number of halogens is 1. The number of thioether (sulfide) groups is 1. The Labute approximate surface area is 105 Å². The third-order valence-corrected chi connectivity index (χ3v) is 2.83. The van der Waals surface area contributed by atoms with E-state index in [2.05, 4.69) is 21.9 Å². The molecule has 0 atom stereocenters. The Kier molecular flexibility index (Phi) is 6.49. The molecule has 0 aliphatic carbocycles. The molecule has 1 heterocycles. The van der Waals surface area contributed by atoms with Gasteiger partial charge in [-0.05, 0) is 24.4 Å². The van der Waals surface area contributed by atoms with Crippen LogP contribution in [0.4, 0.5) is 0 Å². The first-order valence-electron chi connectivity index (χ1n) is 5.43. The average Bonchev–Trinajstić information content (AvgIpc) is 2.26. The molecule has 0 unspecified atom stereocenters. The van der Waals surface area contributed by atoms with Crippen LogP contribution < -0.4 is 4.74 Å². The zero-order valence-corrected chi connectivity index (χ0v) is 11.1. The summed E-state index contributed by atoms with van der Waals surface area (Å²) in [6.45, 7) is 4.77. The Bertz CT molecular complexity index is 325. The molecule has 0 aliphatic rings. The Balaban J connectivity index is 2.58. The Morgan fingerprint density at radius 1 is 1.19 bits per heavy atom. The van der Waals surface area contributed by atoms with Crippen LogP contribution in [0, 0.1) is 0 Å². The Morgan fingerprint density at radius 3 is 2.69 bits per heavy atom. The summed E-state index contributed by atoms with van der Waals surface area (Å²) in [6.07, 6.45) is 3.21. The Morgan fingerprint density at radius 2 is 2.00 bits per heavy atom. The number of unbranched alkanes of at least 4 members (excludes halogenated alkanes) is 1. The second-order valence-corrected chi connectivity index (χ2v) is 4.62. The van der Waals surface area contributed by atoms with E-state index in [1.54, 1.807) is 11.8 Å². The number of hydrogen-bond acceptors (Lipinski definition) is 5. The van der Waals surface area contributed by atoms with E-state index < -0.39 is 0 Å². The van der Waals surface area contributed by atoms with Gasteiger partial charge in [-0.25, -0.2) is 0 Å². The highest BCUT2D eigenvalue weighted by atomic mass is 35.5. The second-order valence-electron chi connectivity index (χ2n) is 3.22. The lowest BCUT2D eigenvalue weighted by Crippen LogP contribution is -2.02. The van der Waals surface area contributed by atoms with Gasteiger partial charge >= 0.3 is 6.01 Å². The fraction of sp³-hybridized carbons (Fsp3) is 0.700. The third kappa shape index (κ3) is 4.99. The van der Waals surface area contributed by atoms with Crippen molar-refractivity contribution in [3.63, 3.8) is 0 Å². The van der Waals surface area contributed by atoms with Crippen molar-refractivity contribution in [2.45, 2.75) is 38.3 Å². The molecule has 0 amide bonds. The summed E-state index contributed by atoms with van der Waals surface area (Å²) in [5.41, 5.74) is 0. The van der Waals surface area contributed by atoms with Crippen LogP contribution in [0.3, 0.4) is 0 Å². The van der Waals surface area contributed by atoms with Gasteiger partial charge in [-0.3, -0.25) is 0 Å². The lowest BCUT2D eigenvalue weighted by molar-refractivity contribution is 0.288. The van der Waals surface area contributed by atoms with Gasteiger partial charge in [0.05, 0.1) is 6.61 Å². The van der Waals surface area contributed by atoms with Crippen molar-refractivity contribution in [2.24, 2.45) is 0 Å². The molecule has 4 nitrogen and oxygen atoms in total. The lowest BCUT2D eigenvalue weighted by atomic mass is 10.4. The molecule has 6 heteroatoms. The minimum atomic E-state index is 0.195. The molecule has 0 bridgehead atoms. The number of rotatable bonds is 7. The summed E-state index contributed by atoms with van der Waals surface area (Å²) < 4.78 is 5.32. The number of ether oxygens (including phenoxy) is 1. The van der Waals surface area contributed by atoms with Gasteiger partial charge in [0, 0.05) is 5.75 Å². The van der Waals surface area contributed by atoms with Gasteiger partial charge in [-0.2, -0.15) is 15.0 Å². The summed E-state index contributed by atoms with van der Waals surface area (Å²) in [5.74, 6) is 0.990. The normalized spacial score (nSPS) is 10.4. The first-order chi connectivity index (χ1) is 7.76. The van der Waals surface area contributed by atoms with Gasteiger partial charge in [0.25, 0.3) is 0 Å². The van der Waals surface area contributed by atoms with Gasteiger partial charge in [-0.15, -0.1) is 0 Å². The van der Waals surface area contributed by atoms with Crippen LogP contribution in [0.25, 0.3) is 0 Å². The number of hydrogen-bond donors (Lipinski definition) is 0. The van der Waals surface area contributed by atoms with Gasteiger partial charge in [0.1, 0.15) is 0 Å². The molecule has 1 aromatic heterocycles. The van der Waals surface area contributed by atoms with Crippen molar-refractivity contribution in [3.8, 4) is 6.01 Å². The second kappa shape index (κ2) is 7.68. The first-order valence-corrected chi connectivity index (χ1v) is 6.79. The molecule has 1 aromatic rings. The average molecular weight is 262 g/mol. The van der Waals surface area contributed by atoms with E-state index in [0.29, 0.717) is 17.8 Å². The molecule has 0 fully saturated rings. The van der Waals surface area contributed by atoms with E-state index in [4.69, 9.17) is 16.3 Å². The van der Waals surface area contributed by atoms with Crippen molar-refractivity contribution in [1.82, 2.24) is 15.0 Å². The maximum Gasteiger partial charge on any atom is 0.321 e. The predicted molar refractivity (Wildman–Crippen MR) is 66.3 cm³/mol. The maximum atomic E-state index is 5.79. The lowest BCUT2D eigenvalue weighted by Gasteiger charge is -2.04. The molecule has 90 valence electrons. The molecule has 0 spiro atoms. The molecule has 0 aromatic carbocycles. The minimum absolute atomic E-state index is 0.195. The van der Waals surface area contributed by atoms with Crippen molar-refractivity contribution in [3.05, 3.63) is 5.28 Å². The van der Waals surface area contributed by atoms with E-state index in [9.17, 15) is 0 Å². The molecule has 16 heavy (non-hydrogen) atoms. The van der Waals surface area contributed by atoms with E-state index in [-0.39, 0.29) is 5.28 Å². The SMILES string of the molecule is CCCCSc1nc(Cl)nc(OCCC)n1. The van der Waals surface area contributed by atoms with Crippen LogP contribution in [-0.2, 0) is 0 Å². The molecule has 0 N–H and O–H groups in total. The highest BCUT2D eigenvalue weighted by Gasteiger charge is 2.06. The van der Waals surface area contributed by atoms with E-state index in [0.717, 1.165) is 25.0 Å². The molecule has 1 rings (SSSR count). The van der Waals surface area contributed by atoms with Crippen LogP contribution in [0.1, 0.15) is 33.1 Å². The fourth-order valence-electron chi connectivity index (χ4n) is 0.945. The van der Waals surface area contributed by atoms with Crippen LogP contribution in [-0.4, -0.2) is 27.3 Å². The first kappa shape index (κ1) is 13.5. The largest absolute Gasteiger partial charge is 0.463 e. The summed E-state index contributed by atoms with van der Waals surface area (Å²) in [7, 11) is 0. The molecule has 0 radical (unpaired) electrons. The molecule has 0 saturated heterocycles. The molecular formula is C10H16ClN3OS. The molecular weight excluding hydrogens is 246 g/mol. The van der Waals surface area contributed by atoms with Crippen LogP contribution in [0.2, 0.25) is 5.28 Å². The summed E-state index contributed by atoms with van der Waals surface area (Å²) in [6, 6.07) is 0.320. The van der Waals surface area contributed by atoms with Crippen molar-refractivity contribution < 1.29 is 4.74 Å². The van der Waals surface area contributed by atoms with Gasteiger partial charge in [-0.1, -0.05) is 32.0 Å². The maximum absolute atomic E-state index is 5.79. The zero-order valence-electron chi connectivity index (χ0n) is 9.57. The van der Waals surface area contributed by atoms with Crippen molar-refractivity contribution in [1.29, 1.82) is 0 Å². The van der Waals surface area contributed by atoms with Gasteiger partial charge < -0.3 is 4.74 Å². The van der Waals surface area contributed by atoms with Crippen LogP contribution in [0.15, 0.2) is 5.16 Å². The minimum Gasteiger partial charge on any atom is -0.463 e. The smallest absolute Gasteiger partial charge is 0.321 e. The zero-order chi connectivity index (χ0) is 11.8. The predicted octanol–water partition coefficient (Wildman–Crippen LogP) is 3.21. The summed E-state index contributed by atoms with van der Waals surface area (Å²) >= 11 is 7.37. The number of nitrogens with zero attached hydrogens (tertiary/aromatic N) is 3.